The van der Waals surface area contributed by atoms with E-state index in [0.717, 1.165) is 18.4 Å². The zero-order valence-electron chi connectivity index (χ0n) is 17.4. The highest BCUT2D eigenvalue weighted by molar-refractivity contribution is 6.30. The number of aliphatic carboxylic acids is 1. The molecule has 1 amide bonds. The molecule has 30 heavy (non-hydrogen) atoms. The number of aryl methyl sites for hydroxylation is 1. The average molecular weight is 434 g/mol. The number of unbranched alkanes of at least 4 members (excludes halogenated alkanes) is 1. The molecule has 0 bridgehead atoms. The Balaban J connectivity index is 2.09. The van der Waals surface area contributed by atoms with Crippen molar-refractivity contribution >= 4 is 23.5 Å². The fraction of sp³-hybridized carbons (Fsp3) is 0.391. The molecule has 0 aliphatic carbocycles. The summed E-state index contributed by atoms with van der Waals surface area (Å²) in [5.41, 5.74) is 1.59. The SMILES string of the molecule is COc1cc(OC)cc(C(=O)N(CCCCC(=O)O)CCCc2cccc(Cl)c2)c1. The van der Waals surface area contributed by atoms with Crippen molar-refractivity contribution in [3.63, 3.8) is 0 Å². The third-order valence-electron chi connectivity index (χ3n) is 4.74. The molecule has 2 aromatic carbocycles. The van der Waals surface area contributed by atoms with Crippen LogP contribution in [0.1, 0.15) is 41.6 Å². The van der Waals surface area contributed by atoms with Crippen molar-refractivity contribution in [2.24, 2.45) is 0 Å². The Morgan fingerprint density at radius 1 is 0.967 bits per heavy atom. The Hall–Kier alpha value is -2.73. The van der Waals surface area contributed by atoms with Gasteiger partial charge in [-0.2, -0.15) is 0 Å². The van der Waals surface area contributed by atoms with Gasteiger partial charge < -0.3 is 19.5 Å². The predicted molar refractivity (Wildman–Crippen MR) is 117 cm³/mol. The Labute approximate surface area is 182 Å². The van der Waals surface area contributed by atoms with Gasteiger partial charge in [0.15, 0.2) is 0 Å². The largest absolute Gasteiger partial charge is 0.497 e. The van der Waals surface area contributed by atoms with Gasteiger partial charge in [0.1, 0.15) is 11.5 Å². The highest BCUT2D eigenvalue weighted by Gasteiger charge is 2.18. The smallest absolute Gasteiger partial charge is 0.303 e. The van der Waals surface area contributed by atoms with Crippen LogP contribution in [0.25, 0.3) is 0 Å². The fourth-order valence-electron chi connectivity index (χ4n) is 3.17. The molecular formula is C23H28ClNO5. The number of nitrogens with zero attached hydrogens (tertiary/aromatic N) is 1. The van der Waals surface area contributed by atoms with E-state index in [-0.39, 0.29) is 12.3 Å². The molecule has 0 saturated carbocycles. The zero-order chi connectivity index (χ0) is 21.9. The minimum atomic E-state index is -0.827. The number of amides is 1. The molecule has 0 fully saturated rings. The van der Waals surface area contributed by atoms with Crippen molar-refractivity contribution in [2.75, 3.05) is 27.3 Å². The predicted octanol–water partition coefficient (Wildman–Crippen LogP) is 4.69. The summed E-state index contributed by atoms with van der Waals surface area (Å²) >= 11 is 6.05. The maximum absolute atomic E-state index is 13.2. The summed E-state index contributed by atoms with van der Waals surface area (Å²) in [6, 6.07) is 12.8. The molecule has 0 unspecified atom stereocenters. The number of carbonyl (C=O) groups is 2. The lowest BCUT2D eigenvalue weighted by Gasteiger charge is -2.23. The number of ether oxygens (including phenoxy) is 2. The van der Waals surface area contributed by atoms with Gasteiger partial charge in [0.2, 0.25) is 0 Å². The van der Waals surface area contributed by atoms with Crippen LogP contribution < -0.4 is 9.47 Å². The molecule has 1 N–H and O–H groups in total. The van der Waals surface area contributed by atoms with Gasteiger partial charge in [-0.25, -0.2) is 0 Å². The molecule has 0 aliphatic heterocycles. The first-order valence-corrected chi connectivity index (χ1v) is 10.3. The highest BCUT2D eigenvalue weighted by atomic mass is 35.5. The molecule has 0 spiro atoms. The van der Waals surface area contributed by atoms with Crippen LogP contribution in [0.15, 0.2) is 42.5 Å². The fourth-order valence-corrected chi connectivity index (χ4v) is 3.39. The number of carboxylic acids is 1. The molecule has 0 aliphatic rings. The molecule has 0 saturated heterocycles. The normalized spacial score (nSPS) is 10.5. The Morgan fingerprint density at radius 2 is 1.63 bits per heavy atom. The van der Waals surface area contributed by atoms with E-state index < -0.39 is 5.97 Å². The van der Waals surface area contributed by atoms with E-state index in [1.807, 2.05) is 24.3 Å². The van der Waals surface area contributed by atoms with Crippen molar-refractivity contribution in [3.05, 3.63) is 58.6 Å². The second-order valence-electron chi connectivity index (χ2n) is 6.98. The topological polar surface area (TPSA) is 76.1 Å². The molecule has 162 valence electrons. The number of carbonyl (C=O) groups excluding carboxylic acids is 1. The van der Waals surface area contributed by atoms with Gasteiger partial charge >= 0.3 is 5.97 Å². The lowest BCUT2D eigenvalue weighted by atomic mass is 10.1. The summed E-state index contributed by atoms with van der Waals surface area (Å²) in [5, 5.41) is 9.54. The second kappa shape index (κ2) is 12.1. The Morgan fingerprint density at radius 3 is 2.23 bits per heavy atom. The molecule has 0 radical (unpaired) electrons. The molecule has 0 aromatic heterocycles. The van der Waals surface area contributed by atoms with E-state index in [1.165, 1.54) is 14.2 Å². The summed E-state index contributed by atoms with van der Waals surface area (Å²) in [6.07, 6.45) is 2.80. The van der Waals surface area contributed by atoms with Crippen molar-refractivity contribution in [2.45, 2.75) is 32.1 Å². The molecular weight excluding hydrogens is 406 g/mol. The molecule has 6 nitrogen and oxygen atoms in total. The number of rotatable bonds is 12. The lowest BCUT2D eigenvalue weighted by Crippen LogP contribution is -2.33. The van der Waals surface area contributed by atoms with Crippen LogP contribution in [0.5, 0.6) is 11.5 Å². The quantitative estimate of drug-likeness (QED) is 0.491. The monoisotopic (exact) mass is 433 g/mol. The minimum absolute atomic E-state index is 0.0948. The zero-order valence-corrected chi connectivity index (χ0v) is 18.2. The molecule has 0 heterocycles. The third kappa shape index (κ3) is 7.59. The van der Waals surface area contributed by atoms with Gasteiger partial charge in [-0.1, -0.05) is 23.7 Å². The van der Waals surface area contributed by atoms with Crippen molar-refractivity contribution in [3.8, 4) is 11.5 Å². The van der Waals surface area contributed by atoms with Crippen molar-refractivity contribution in [1.82, 2.24) is 4.90 Å². The van der Waals surface area contributed by atoms with Crippen LogP contribution in [0.3, 0.4) is 0 Å². The van der Waals surface area contributed by atoms with E-state index in [4.69, 9.17) is 26.2 Å². The van der Waals surface area contributed by atoms with Crippen LogP contribution in [0.2, 0.25) is 5.02 Å². The van der Waals surface area contributed by atoms with E-state index in [2.05, 4.69) is 0 Å². The minimum Gasteiger partial charge on any atom is -0.497 e. The van der Waals surface area contributed by atoms with E-state index >= 15 is 0 Å². The van der Waals surface area contributed by atoms with E-state index in [0.29, 0.717) is 48.0 Å². The number of methoxy groups -OCH3 is 2. The maximum atomic E-state index is 13.2. The molecule has 0 atom stereocenters. The number of benzene rings is 2. The summed E-state index contributed by atoms with van der Waals surface area (Å²) in [5.74, 6) is 0.130. The number of hydrogen-bond acceptors (Lipinski definition) is 4. The number of hydrogen-bond donors (Lipinski definition) is 1. The Bertz CT molecular complexity index is 833. The van der Waals surface area contributed by atoms with E-state index in [1.54, 1.807) is 23.1 Å². The average Bonchev–Trinajstić information content (AvgIpc) is 2.74. The third-order valence-corrected chi connectivity index (χ3v) is 4.97. The second-order valence-corrected chi connectivity index (χ2v) is 7.41. The van der Waals surface area contributed by atoms with Crippen LogP contribution in [-0.4, -0.2) is 49.2 Å². The Kier molecular flexibility index (Phi) is 9.48. The molecule has 2 aromatic rings. The van der Waals surface area contributed by atoms with Crippen LogP contribution in [-0.2, 0) is 11.2 Å². The standard InChI is InChI=1S/C23H28ClNO5/c1-29-20-14-18(15-21(16-20)30-2)23(28)25(11-4-3-10-22(26)27)12-6-8-17-7-5-9-19(24)13-17/h5,7,9,13-16H,3-4,6,8,10-12H2,1-2H3,(H,26,27). The van der Waals surface area contributed by atoms with Crippen LogP contribution >= 0.6 is 11.6 Å². The summed E-state index contributed by atoms with van der Waals surface area (Å²) in [7, 11) is 3.08. The summed E-state index contributed by atoms with van der Waals surface area (Å²) < 4.78 is 10.5. The van der Waals surface area contributed by atoms with Crippen LogP contribution in [0, 0.1) is 0 Å². The summed E-state index contributed by atoms with van der Waals surface area (Å²) in [6.45, 7) is 1.04. The first-order chi connectivity index (χ1) is 14.4. The van der Waals surface area contributed by atoms with Gasteiger partial charge in [-0.3, -0.25) is 9.59 Å². The van der Waals surface area contributed by atoms with Gasteiger partial charge in [0.25, 0.3) is 5.91 Å². The van der Waals surface area contributed by atoms with Crippen molar-refractivity contribution in [1.29, 1.82) is 0 Å². The molecule has 2 rings (SSSR count). The number of carboxylic acid groups (broad SMARTS) is 1. The first kappa shape index (κ1) is 23.5. The first-order valence-electron chi connectivity index (χ1n) is 9.91. The van der Waals surface area contributed by atoms with Crippen molar-refractivity contribution < 1.29 is 24.2 Å². The van der Waals surface area contributed by atoms with E-state index in [9.17, 15) is 9.59 Å². The molecule has 7 heteroatoms. The number of halogens is 1. The van der Waals surface area contributed by atoms with Gasteiger partial charge in [0.05, 0.1) is 14.2 Å². The van der Waals surface area contributed by atoms with Gasteiger partial charge in [0, 0.05) is 36.2 Å². The summed E-state index contributed by atoms with van der Waals surface area (Å²) in [4.78, 5) is 25.7. The van der Waals surface area contributed by atoms with Crippen LogP contribution in [0.4, 0.5) is 0 Å². The maximum Gasteiger partial charge on any atom is 0.303 e. The highest BCUT2D eigenvalue weighted by Crippen LogP contribution is 2.24. The van der Waals surface area contributed by atoms with Gasteiger partial charge in [-0.15, -0.1) is 0 Å². The lowest BCUT2D eigenvalue weighted by molar-refractivity contribution is -0.137. The van der Waals surface area contributed by atoms with Gasteiger partial charge in [-0.05, 0) is 55.5 Å².